The number of amides is 3. The molecular formula is C16H18F4N4O4. The Bertz CT molecular complexity index is 747. The number of nitrogens with zero attached hydrogens (tertiary/aromatic N) is 1. The monoisotopic (exact) mass is 406 g/mol. The Kier molecular flexibility index (Phi) is 7.29. The number of carbonyl (C=O) groups is 3. The van der Waals surface area contributed by atoms with Crippen molar-refractivity contribution in [3.05, 3.63) is 23.8 Å². The molecule has 1 saturated heterocycles. The second-order valence-corrected chi connectivity index (χ2v) is 5.76. The zero-order chi connectivity index (χ0) is 20.8. The molecule has 0 saturated carbocycles. The summed E-state index contributed by atoms with van der Waals surface area (Å²) >= 11 is 0. The average Bonchev–Trinajstić information content (AvgIpc) is 2.66. The molecule has 1 heterocycles. The highest BCUT2D eigenvalue weighted by atomic mass is 19.3. The molecule has 1 aliphatic heterocycles. The first kappa shape index (κ1) is 21.6. The maximum absolute atomic E-state index is 13.5. The first-order valence-corrected chi connectivity index (χ1v) is 8.14. The first-order chi connectivity index (χ1) is 13.2. The van der Waals surface area contributed by atoms with Crippen LogP contribution in [0, 0.1) is 0 Å². The molecule has 8 nitrogen and oxygen atoms in total. The van der Waals surface area contributed by atoms with Crippen molar-refractivity contribution in [2.24, 2.45) is 5.73 Å². The molecule has 3 amide bonds. The van der Waals surface area contributed by atoms with Gasteiger partial charge in [-0.2, -0.15) is 8.78 Å². The van der Waals surface area contributed by atoms with Gasteiger partial charge in [-0.25, -0.2) is 8.78 Å². The van der Waals surface area contributed by atoms with E-state index in [0.29, 0.717) is 0 Å². The molecule has 0 bridgehead atoms. The summed E-state index contributed by atoms with van der Waals surface area (Å²) in [5.74, 6) is -3.12. The van der Waals surface area contributed by atoms with Crippen LogP contribution in [-0.2, 0) is 19.1 Å². The Morgan fingerprint density at radius 1 is 1.21 bits per heavy atom. The van der Waals surface area contributed by atoms with Crippen LogP contribution in [0.25, 0.3) is 0 Å². The van der Waals surface area contributed by atoms with Gasteiger partial charge in [0.05, 0.1) is 12.3 Å². The molecule has 1 fully saturated rings. The van der Waals surface area contributed by atoms with Gasteiger partial charge < -0.3 is 26.0 Å². The number of alkyl halides is 4. The second-order valence-electron chi connectivity index (χ2n) is 5.76. The zero-order valence-electron chi connectivity index (χ0n) is 14.5. The van der Waals surface area contributed by atoms with E-state index in [2.05, 4.69) is 5.32 Å². The van der Waals surface area contributed by atoms with Crippen LogP contribution in [0.2, 0.25) is 0 Å². The van der Waals surface area contributed by atoms with Crippen molar-refractivity contribution in [2.75, 3.05) is 36.5 Å². The predicted molar refractivity (Wildman–Crippen MR) is 90.2 cm³/mol. The van der Waals surface area contributed by atoms with E-state index in [1.165, 1.54) is 12.1 Å². The highest BCUT2D eigenvalue weighted by molar-refractivity contribution is 5.99. The maximum Gasteiger partial charge on any atom is 0.315 e. The van der Waals surface area contributed by atoms with E-state index in [4.69, 9.17) is 10.5 Å². The lowest BCUT2D eigenvalue weighted by Gasteiger charge is -2.29. The minimum absolute atomic E-state index is 0.0253. The van der Waals surface area contributed by atoms with Gasteiger partial charge in [-0.05, 0) is 18.2 Å². The van der Waals surface area contributed by atoms with Crippen molar-refractivity contribution in [1.29, 1.82) is 0 Å². The molecule has 154 valence electrons. The molecular weight excluding hydrogens is 388 g/mol. The highest BCUT2D eigenvalue weighted by Gasteiger charge is 2.27. The molecule has 12 heteroatoms. The van der Waals surface area contributed by atoms with Crippen LogP contribution in [0.3, 0.4) is 0 Å². The number of benzene rings is 1. The fourth-order valence-corrected chi connectivity index (χ4v) is 2.52. The Balaban J connectivity index is 2.19. The summed E-state index contributed by atoms with van der Waals surface area (Å²) in [6.45, 7) is -0.427. The van der Waals surface area contributed by atoms with Gasteiger partial charge in [-0.3, -0.25) is 14.4 Å². The molecule has 1 aliphatic rings. The van der Waals surface area contributed by atoms with E-state index in [0.717, 1.165) is 11.0 Å². The molecule has 0 spiro atoms. The number of rotatable bonds is 7. The Labute approximate surface area is 157 Å². The largest absolute Gasteiger partial charge is 0.370 e. The molecule has 2 rings (SSSR count). The Hall–Kier alpha value is -2.73. The normalized spacial score (nSPS) is 15.7. The molecule has 0 unspecified atom stereocenters. The summed E-state index contributed by atoms with van der Waals surface area (Å²) in [5.41, 5.74) is 4.69. The van der Waals surface area contributed by atoms with Crippen LogP contribution >= 0.6 is 0 Å². The van der Waals surface area contributed by atoms with E-state index in [1.807, 2.05) is 0 Å². The van der Waals surface area contributed by atoms with Gasteiger partial charge in [-0.15, -0.1) is 0 Å². The molecule has 4 N–H and O–H groups in total. The van der Waals surface area contributed by atoms with Crippen LogP contribution < -0.4 is 21.3 Å². The molecule has 0 aromatic heterocycles. The number of nitrogens with two attached hydrogens (primary N) is 1. The number of carbonyl (C=O) groups excluding carboxylic acids is 3. The SMILES string of the molecule is NC[C@H](NC(=O)C(F)F)C(=O)Nc1ccc(N2CCOCC2=O)c(C(F)F)c1. The number of morpholine rings is 1. The van der Waals surface area contributed by atoms with Crippen LogP contribution in [-0.4, -0.2) is 56.5 Å². The fraction of sp³-hybridized carbons (Fsp3) is 0.438. The highest BCUT2D eigenvalue weighted by Crippen LogP contribution is 2.33. The van der Waals surface area contributed by atoms with Gasteiger partial charge in [0.25, 0.3) is 18.2 Å². The third-order valence-electron chi connectivity index (χ3n) is 3.87. The Morgan fingerprint density at radius 2 is 1.93 bits per heavy atom. The van der Waals surface area contributed by atoms with Gasteiger partial charge in [0.15, 0.2) is 0 Å². The summed E-state index contributed by atoms with van der Waals surface area (Å²) in [5, 5.41) is 3.99. The van der Waals surface area contributed by atoms with Gasteiger partial charge in [0.2, 0.25) is 5.91 Å². The molecule has 28 heavy (non-hydrogen) atoms. The van der Waals surface area contributed by atoms with Crippen molar-refractivity contribution >= 4 is 29.1 Å². The maximum atomic E-state index is 13.5. The lowest BCUT2D eigenvalue weighted by Crippen LogP contribution is -2.50. The van der Waals surface area contributed by atoms with Gasteiger partial charge in [0.1, 0.15) is 12.6 Å². The average molecular weight is 406 g/mol. The topological polar surface area (TPSA) is 114 Å². The van der Waals surface area contributed by atoms with Gasteiger partial charge in [-0.1, -0.05) is 0 Å². The van der Waals surface area contributed by atoms with Gasteiger partial charge >= 0.3 is 6.43 Å². The van der Waals surface area contributed by atoms with E-state index in [-0.39, 0.29) is 31.1 Å². The van der Waals surface area contributed by atoms with Crippen molar-refractivity contribution in [1.82, 2.24) is 5.32 Å². The van der Waals surface area contributed by atoms with Gasteiger partial charge in [0, 0.05) is 24.3 Å². The van der Waals surface area contributed by atoms with Crippen molar-refractivity contribution in [3.8, 4) is 0 Å². The summed E-state index contributed by atoms with van der Waals surface area (Å²) in [7, 11) is 0. The number of anilines is 2. The van der Waals surface area contributed by atoms with Crippen molar-refractivity contribution in [3.63, 3.8) is 0 Å². The second kappa shape index (κ2) is 9.46. The van der Waals surface area contributed by atoms with Crippen LogP contribution in [0.5, 0.6) is 0 Å². The number of hydrogen-bond acceptors (Lipinski definition) is 5. The number of ether oxygens (including phenoxy) is 1. The van der Waals surface area contributed by atoms with E-state index < -0.39 is 48.7 Å². The summed E-state index contributed by atoms with van der Waals surface area (Å²) in [6.07, 6.45) is -6.29. The van der Waals surface area contributed by atoms with E-state index in [9.17, 15) is 31.9 Å². The molecule has 0 radical (unpaired) electrons. The van der Waals surface area contributed by atoms with Crippen LogP contribution in [0.15, 0.2) is 18.2 Å². The summed E-state index contributed by atoms with van der Waals surface area (Å²) in [6, 6.07) is 1.99. The van der Waals surface area contributed by atoms with Crippen molar-refractivity contribution in [2.45, 2.75) is 18.9 Å². The van der Waals surface area contributed by atoms with Crippen LogP contribution in [0.1, 0.15) is 12.0 Å². The smallest absolute Gasteiger partial charge is 0.315 e. The number of nitrogens with one attached hydrogen (secondary N) is 2. The number of halogens is 4. The van der Waals surface area contributed by atoms with Crippen LogP contribution in [0.4, 0.5) is 28.9 Å². The third-order valence-corrected chi connectivity index (χ3v) is 3.87. The predicted octanol–water partition coefficient (Wildman–Crippen LogP) is 0.634. The molecule has 0 aliphatic carbocycles. The van der Waals surface area contributed by atoms with E-state index >= 15 is 0 Å². The molecule has 1 aromatic carbocycles. The molecule has 1 aromatic rings. The number of hydrogen-bond donors (Lipinski definition) is 3. The third kappa shape index (κ3) is 5.16. The minimum atomic E-state index is -3.34. The zero-order valence-corrected chi connectivity index (χ0v) is 14.5. The van der Waals surface area contributed by atoms with E-state index in [1.54, 1.807) is 5.32 Å². The summed E-state index contributed by atoms with van der Waals surface area (Å²) < 4.78 is 56.5. The molecule has 1 atom stereocenters. The Morgan fingerprint density at radius 3 is 2.50 bits per heavy atom. The standard InChI is InChI=1S/C16H18F4N4O4/c17-13(18)9-5-8(1-2-11(9)24-3-4-28-7-12(24)25)22-15(26)10(6-21)23-16(27)14(19)20/h1-2,5,10,13-14H,3-4,6-7,21H2,(H,22,26)(H,23,27)/t10-/m0/s1. The quantitative estimate of drug-likeness (QED) is 0.575. The lowest BCUT2D eigenvalue weighted by atomic mass is 10.1. The summed E-state index contributed by atoms with van der Waals surface area (Å²) in [4.78, 5) is 36.2. The lowest BCUT2D eigenvalue weighted by molar-refractivity contribution is -0.134. The first-order valence-electron chi connectivity index (χ1n) is 8.14. The van der Waals surface area contributed by atoms with Crippen molar-refractivity contribution < 1.29 is 36.7 Å². The fourth-order valence-electron chi connectivity index (χ4n) is 2.52. The minimum Gasteiger partial charge on any atom is -0.370 e.